The molecular weight excluding hydrogens is 248 g/mol. The number of carbonyl (C=O) groups excluding carboxylic acids is 1. The molecule has 0 saturated carbocycles. The Hall–Kier alpha value is -1.36. The zero-order chi connectivity index (χ0) is 13.9. The average molecular weight is 268 g/mol. The quantitative estimate of drug-likeness (QED) is 0.824. The number of anilines is 2. The molecule has 1 unspecified atom stereocenters. The van der Waals surface area contributed by atoms with Crippen molar-refractivity contribution in [3.05, 3.63) is 23.8 Å². The average Bonchev–Trinajstić information content (AvgIpc) is 2.22. The van der Waals surface area contributed by atoms with Crippen LogP contribution in [0.4, 0.5) is 11.4 Å². The molecule has 0 aliphatic rings. The molecule has 0 saturated heterocycles. The van der Waals surface area contributed by atoms with Crippen LogP contribution >= 0.6 is 0 Å². The van der Waals surface area contributed by atoms with Gasteiger partial charge in [0, 0.05) is 26.9 Å². The lowest BCUT2D eigenvalue weighted by molar-refractivity contribution is -0.113. The van der Waals surface area contributed by atoms with Crippen molar-refractivity contribution < 1.29 is 9.00 Å². The molecule has 0 radical (unpaired) electrons. The summed E-state index contributed by atoms with van der Waals surface area (Å²) in [5.41, 5.74) is 7.85. The van der Waals surface area contributed by atoms with Crippen molar-refractivity contribution in [2.45, 2.75) is 32.4 Å². The van der Waals surface area contributed by atoms with Gasteiger partial charge in [0.1, 0.15) is 5.75 Å². The number of amides is 1. The second-order valence-corrected chi connectivity index (χ2v) is 7.43. The highest BCUT2D eigenvalue weighted by molar-refractivity contribution is 7.87. The Kier molecular flexibility index (Phi) is 4.51. The van der Waals surface area contributed by atoms with E-state index in [2.05, 4.69) is 5.32 Å². The fourth-order valence-electron chi connectivity index (χ4n) is 1.30. The van der Waals surface area contributed by atoms with E-state index in [0.717, 1.165) is 5.56 Å². The van der Waals surface area contributed by atoms with Crippen LogP contribution in [-0.4, -0.2) is 20.6 Å². The van der Waals surface area contributed by atoms with Gasteiger partial charge in [0.25, 0.3) is 0 Å². The van der Waals surface area contributed by atoms with Gasteiger partial charge in [-0.15, -0.1) is 0 Å². The molecule has 0 bridgehead atoms. The van der Waals surface area contributed by atoms with Gasteiger partial charge in [-0.1, -0.05) is 6.07 Å². The van der Waals surface area contributed by atoms with Crippen molar-refractivity contribution in [3.8, 4) is 0 Å². The molecule has 0 heterocycles. The SMILES string of the molecule is Cc1ccc(N)cc1NC(=O)CS(=O)C(C)(C)C. The molecule has 1 rings (SSSR count). The van der Waals surface area contributed by atoms with Crippen molar-refractivity contribution in [1.29, 1.82) is 0 Å². The van der Waals surface area contributed by atoms with Crippen molar-refractivity contribution in [3.63, 3.8) is 0 Å². The summed E-state index contributed by atoms with van der Waals surface area (Å²) in [7, 11) is -1.20. The first-order valence-electron chi connectivity index (χ1n) is 5.74. The van der Waals surface area contributed by atoms with Gasteiger partial charge in [0.15, 0.2) is 0 Å². The fraction of sp³-hybridized carbons (Fsp3) is 0.462. The van der Waals surface area contributed by atoms with E-state index in [0.29, 0.717) is 11.4 Å². The van der Waals surface area contributed by atoms with E-state index in [1.165, 1.54) is 0 Å². The third-order valence-corrected chi connectivity index (χ3v) is 4.37. The molecule has 0 aromatic heterocycles. The zero-order valence-corrected chi connectivity index (χ0v) is 12.1. The molecule has 0 spiro atoms. The maximum Gasteiger partial charge on any atom is 0.237 e. The predicted molar refractivity (Wildman–Crippen MR) is 77.0 cm³/mol. The van der Waals surface area contributed by atoms with Crippen LogP contribution in [0, 0.1) is 6.92 Å². The molecule has 0 fully saturated rings. The first-order valence-corrected chi connectivity index (χ1v) is 7.06. The lowest BCUT2D eigenvalue weighted by atomic mass is 10.2. The summed E-state index contributed by atoms with van der Waals surface area (Å²) >= 11 is 0. The van der Waals surface area contributed by atoms with Gasteiger partial charge in [-0.05, 0) is 45.4 Å². The van der Waals surface area contributed by atoms with E-state index in [-0.39, 0.29) is 16.4 Å². The Labute approximate surface area is 110 Å². The van der Waals surface area contributed by atoms with Gasteiger partial charge < -0.3 is 11.1 Å². The van der Waals surface area contributed by atoms with Crippen molar-refractivity contribution in [2.75, 3.05) is 16.8 Å². The minimum absolute atomic E-state index is 0.00224. The molecule has 4 nitrogen and oxygen atoms in total. The normalized spacial score (nSPS) is 13.1. The van der Waals surface area contributed by atoms with Gasteiger partial charge in [-0.2, -0.15) is 0 Å². The van der Waals surface area contributed by atoms with E-state index < -0.39 is 10.8 Å². The lowest BCUT2D eigenvalue weighted by Gasteiger charge is -2.17. The molecule has 1 amide bonds. The summed E-state index contributed by atoms with van der Waals surface area (Å²) < 4.78 is 11.5. The van der Waals surface area contributed by atoms with E-state index >= 15 is 0 Å². The Bertz CT molecular complexity index is 478. The van der Waals surface area contributed by atoms with E-state index in [1.807, 2.05) is 33.8 Å². The molecule has 18 heavy (non-hydrogen) atoms. The van der Waals surface area contributed by atoms with E-state index in [4.69, 9.17) is 5.73 Å². The summed E-state index contributed by atoms with van der Waals surface area (Å²) in [6.45, 7) is 7.43. The molecule has 5 heteroatoms. The Morgan fingerprint density at radius 2 is 2.00 bits per heavy atom. The van der Waals surface area contributed by atoms with Crippen LogP contribution in [0.5, 0.6) is 0 Å². The highest BCUT2D eigenvalue weighted by Crippen LogP contribution is 2.18. The number of carbonyl (C=O) groups is 1. The van der Waals surface area contributed by atoms with Crippen LogP contribution in [0.15, 0.2) is 18.2 Å². The summed E-state index contributed by atoms with van der Waals surface area (Å²) in [4.78, 5) is 11.8. The molecule has 1 aromatic rings. The lowest BCUT2D eigenvalue weighted by Crippen LogP contribution is -2.30. The predicted octanol–water partition coefficient (Wildman–Crippen LogP) is 2.06. The first-order chi connectivity index (χ1) is 8.20. The summed E-state index contributed by atoms with van der Waals surface area (Å²) in [6.07, 6.45) is 0. The highest BCUT2D eigenvalue weighted by Gasteiger charge is 2.22. The standard InChI is InChI=1S/C13H20N2O2S/c1-9-5-6-10(14)7-11(9)15-12(16)8-18(17)13(2,3)4/h5-7H,8,14H2,1-4H3,(H,15,16). The van der Waals surface area contributed by atoms with E-state index in [1.54, 1.807) is 12.1 Å². The maximum absolute atomic E-state index is 11.8. The Morgan fingerprint density at radius 3 is 2.56 bits per heavy atom. The van der Waals surface area contributed by atoms with E-state index in [9.17, 15) is 9.00 Å². The van der Waals surface area contributed by atoms with Crippen LogP contribution in [-0.2, 0) is 15.6 Å². The molecule has 1 aromatic carbocycles. The third kappa shape index (κ3) is 4.14. The number of hydrogen-bond donors (Lipinski definition) is 2. The summed E-state index contributed by atoms with van der Waals surface area (Å²) in [5.74, 6) is -0.255. The number of nitrogens with two attached hydrogens (primary N) is 1. The highest BCUT2D eigenvalue weighted by atomic mass is 32.2. The van der Waals surface area contributed by atoms with Crippen molar-refractivity contribution >= 4 is 28.1 Å². The number of rotatable bonds is 3. The largest absolute Gasteiger partial charge is 0.399 e. The third-order valence-electron chi connectivity index (χ3n) is 2.48. The van der Waals surface area contributed by atoms with Gasteiger partial charge in [0.2, 0.25) is 5.91 Å². The molecule has 0 aliphatic heterocycles. The van der Waals surface area contributed by atoms with Crippen LogP contribution in [0.3, 0.4) is 0 Å². The minimum Gasteiger partial charge on any atom is -0.399 e. The topological polar surface area (TPSA) is 72.2 Å². The molecule has 1 atom stereocenters. The summed E-state index contributed by atoms with van der Waals surface area (Å²) in [5, 5.41) is 2.74. The molecular formula is C13H20N2O2S. The second kappa shape index (κ2) is 5.52. The van der Waals surface area contributed by atoms with Crippen molar-refractivity contribution in [2.24, 2.45) is 0 Å². The number of hydrogen-bond acceptors (Lipinski definition) is 3. The number of nitrogens with one attached hydrogen (secondary N) is 1. The number of nitrogen functional groups attached to an aromatic ring is 1. The Morgan fingerprint density at radius 1 is 1.39 bits per heavy atom. The summed E-state index contributed by atoms with van der Waals surface area (Å²) in [6, 6.07) is 5.32. The number of benzene rings is 1. The van der Waals surface area contributed by atoms with Crippen LogP contribution < -0.4 is 11.1 Å². The van der Waals surface area contributed by atoms with Gasteiger partial charge in [-0.3, -0.25) is 9.00 Å². The minimum atomic E-state index is -1.20. The van der Waals surface area contributed by atoms with Crippen LogP contribution in [0.25, 0.3) is 0 Å². The van der Waals surface area contributed by atoms with Gasteiger partial charge >= 0.3 is 0 Å². The monoisotopic (exact) mass is 268 g/mol. The van der Waals surface area contributed by atoms with Crippen LogP contribution in [0.1, 0.15) is 26.3 Å². The smallest absolute Gasteiger partial charge is 0.237 e. The molecule has 3 N–H and O–H groups in total. The first kappa shape index (κ1) is 14.7. The molecule has 0 aliphatic carbocycles. The van der Waals surface area contributed by atoms with Crippen molar-refractivity contribution in [1.82, 2.24) is 0 Å². The van der Waals surface area contributed by atoms with Crippen LogP contribution in [0.2, 0.25) is 0 Å². The molecule has 100 valence electrons. The number of aryl methyl sites for hydroxylation is 1. The zero-order valence-electron chi connectivity index (χ0n) is 11.2. The second-order valence-electron chi connectivity index (χ2n) is 5.22. The fourth-order valence-corrected chi connectivity index (χ4v) is 2.04. The van der Waals surface area contributed by atoms with Gasteiger partial charge in [0.05, 0.1) is 0 Å². The Balaban J connectivity index is 2.71. The van der Waals surface area contributed by atoms with Gasteiger partial charge in [-0.25, -0.2) is 0 Å². The maximum atomic E-state index is 11.8.